The fraction of sp³-hybridized carbons (Fsp3) is 0.355. The van der Waals surface area contributed by atoms with Crippen LogP contribution in [0.25, 0.3) is 6.08 Å². The van der Waals surface area contributed by atoms with Gasteiger partial charge in [0.15, 0.2) is 0 Å². The van der Waals surface area contributed by atoms with E-state index in [2.05, 4.69) is 17.4 Å². The summed E-state index contributed by atoms with van der Waals surface area (Å²) in [6.45, 7) is 3.79. The van der Waals surface area contributed by atoms with E-state index in [-0.39, 0.29) is 18.3 Å². The summed E-state index contributed by atoms with van der Waals surface area (Å²) in [7, 11) is 0. The quantitative estimate of drug-likeness (QED) is 0.161. The molecule has 2 aliphatic rings. The average Bonchev–Trinajstić information content (AvgIpc) is 3.35. The molecule has 0 N–H and O–H groups in total. The molecule has 192 valence electrons. The van der Waals surface area contributed by atoms with Gasteiger partial charge in [-0.25, -0.2) is 0 Å². The van der Waals surface area contributed by atoms with Crippen molar-refractivity contribution in [2.24, 2.45) is 11.8 Å². The van der Waals surface area contributed by atoms with Crippen molar-refractivity contribution in [3.63, 3.8) is 0 Å². The van der Waals surface area contributed by atoms with E-state index in [1.165, 1.54) is 0 Å². The highest BCUT2D eigenvalue weighted by atomic mass is 16.6. The molecule has 0 spiro atoms. The van der Waals surface area contributed by atoms with Crippen molar-refractivity contribution in [2.45, 2.75) is 56.8 Å². The molecule has 6 heteroatoms. The van der Waals surface area contributed by atoms with E-state index >= 15 is 0 Å². The lowest BCUT2D eigenvalue weighted by molar-refractivity contribution is -0.155. The van der Waals surface area contributed by atoms with Crippen LogP contribution in [0.5, 0.6) is 0 Å². The first kappa shape index (κ1) is 26.3. The number of allylic oxidation sites excluding steroid dienone is 2. The molecule has 4 rings (SSSR count). The van der Waals surface area contributed by atoms with Crippen molar-refractivity contribution in [1.29, 1.82) is 0 Å². The lowest BCUT2D eigenvalue weighted by Crippen LogP contribution is -2.40. The maximum Gasteiger partial charge on any atom is 0.329 e. The van der Waals surface area contributed by atoms with E-state index in [9.17, 15) is 19.2 Å². The SMILES string of the molecule is C=CCC1C(=O)OC(=O)[C@]1(c1ccccc1)c1cccc(/C=C/CCCCCCC2CC(=O)OC2=O)c1. The lowest BCUT2D eigenvalue weighted by atomic mass is 9.66. The predicted molar refractivity (Wildman–Crippen MR) is 139 cm³/mol. The van der Waals surface area contributed by atoms with Gasteiger partial charge in [-0.3, -0.25) is 19.2 Å². The van der Waals surface area contributed by atoms with Crippen molar-refractivity contribution in [3.8, 4) is 0 Å². The molecule has 2 fully saturated rings. The first-order valence-electron chi connectivity index (χ1n) is 12.9. The average molecular weight is 501 g/mol. The van der Waals surface area contributed by atoms with Crippen LogP contribution < -0.4 is 0 Å². The largest absolute Gasteiger partial charge is 0.393 e. The van der Waals surface area contributed by atoms with Gasteiger partial charge in [-0.05, 0) is 42.4 Å². The van der Waals surface area contributed by atoms with Gasteiger partial charge in [-0.1, -0.05) is 92.1 Å². The summed E-state index contributed by atoms with van der Waals surface area (Å²) in [6, 6.07) is 17.1. The van der Waals surface area contributed by atoms with Gasteiger partial charge in [0, 0.05) is 0 Å². The zero-order valence-electron chi connectivity index (χ0n) is 20.9. The molecule has 0 radical (unpaired) electrons. The summed E-state index contributed by atoms with van der Waals surface area (Å²) in [5, 5.41) is 0. The fourth-order valence-electron chi connectivity index (χ4n) is 5.36. The molecule has 2 aliphatic heterocycles. The molecular formula is C31H32O6. The summed E-state index contributed by atoms with van der Waals surface area (Å²) in [5.74, 6) is -2.81. The smallest absolute Gasteiger partial charge is 0.329 e. The molecule has 3 atom stereocenters. The van der Waals surface area contributed by atoms with Gasteiger partial charge in [0.05, 0.1) is 18.3 Å². The Morgan fingerprint density at radius 2 is 1.62 bits per heavy atom. The fourth-order valence-corrected chi connectivity index (χ4v) is 5.36. The van der Waals surface area contributed by atoms with Gasteiger partial charge in [0.25, 0.3) is 0 Å². The number of unbranched alkanes of at least 4 members (excludes halogenated alkanes) is 4. The summed E-state index contributed by atoms with van der Waals surface area (Å²) < 4.78 is 9.79. The summed E-state index contributed by atoms with van der Waals surface area (Å²) in [4.78, 5) is 48.6. The Morgan fingerprint density at radius 3 is 2.35 bits per heavy atom. The maximum absolute atomic E-state index is 13.3. The topological polar surface area (TPSA) is 86.7 Å². The van der Waals surface area contributed by atoms with Crippen molar-refractivity contribution < 1.29 is 28.7 Å². The highest BCUT2D eigenvalue weighted by Crippen LogP contribution is 2.47. The maximum atomic E-state index is 13.3. The minimum atomic E-state index is -1.22. The Bertz CT molecular complexity index is 1200. The molecule has 0 saturated carbocycles. The second-order valence-corrected chi connectivity index (χ2v) is 9.67. The molecule has 2 heterocycles. The molecule has 2 aromatic rings. The Morgan fingerprint density at radius 1 is 0.865 bits per heavy atom. The second kappa shape index (κ2) is 12.0. The van der Waals surface area contributed by atoms with Crippen LogP contribution in [0.15, 0.2) is 73.3 Å². The summed E-state index contributed by atoms with van der Waals surface area (Å²) in [6.07, 6.45) is 11.9. The molecule has 0 bridgehead atoms. The van der Waals surface area contributed by atoms with E-state index in [0.29, 0.717) is 12.8 Å². The number of cyclic esters (lactones) is 4. The van der Waals surface area contributed by atoms with Gasteiger partial charge in [0.2, 0.25) is 0 Å². The number of benzene rings is 2. The van der Waals surface area contributed by atoms with Crippen LogP contribution in [0.2, 0.25) is 0 Å². The Balaban J connectivity index is 1.40. The number of ether oxygens (including phenoxy) is 2. The minimum absolute atomic E-state index is 0.215. The summed E-state index contributed by atoms with van der Waals surface area (Å²) >= 11 is 0. The van der Waals surface area contributed by atoms with E-state index in [4.69, 9.17) is 4.74 Å². The predicted octanol–water partition coefficient (Wildman–Crippen LogP) is 5.69. The number of esters is 4. The van der Waals surface area contributed by atoms with Gasteiger partial charge in [0.1, 0.15) is 5.41 Å². The molecule has 2 saturated heterocycles. The Hall–Kier alpha value is -3.80. The van der Waals surface area contributed by atoms with E-state index in [0.717, 1.165) is 48.8 Å². The highest BCUT2D eigenvalue weighted by Gasteiger charge is 2.59. The van der Waals surface area contributed by atoms with E-state index in [1.54, 1.807) is 6.08 Å². The molecule has 6 nitrogen and oxygen atoms in total. The van der Waals surface area contributed by atoms with E-state index < -0.39 is 29.2 Å². The standard InChI is InChI=1S/C31H32O6/c1-2-13-26-29(34)37-30(35)31(26,24-17-10-7-11-18-24)25-19-12-15-22(20-25)14-8-5-3-4-6-9-16-23-21-27(32)36-28(23)33/h2,7-8,10-12,14-15,17-20,23,26H,1,3-6,9,13,16,21H2/b14-8+/t23?,26?,31-/m1/s1. The van der Waals surface area contributed by atoms with Crippen molar-refractivity contribution in [2.75, 3.05) is 0 Å². The third kappa shape index (κ3) is 5.63. The number of rotatable bonds is 12. The minimum Gasteiger partial charge on any atom is -0.393 e. The third-order valence-electron chi connectivity index (χ3n) is 7.24. The first-order chi connectivity index (χ1) is 18.0. The van der Waals surface area contributed by atoms with Crippen LogP contribution in [0.1, 0.15) is 68.1 Å². The normalized spacial score (nSPS) is 23.5. The van der Waals surface area contributed by atoms with Crippen LogP contribution >= 0.6 is 0 Å². The molecule has 0 aliphatic carbocycles. The zero-order chi connectivity index (χ0) is 26.3. The van der Waals surface area contributed by atoms with Crippen molar-refractivity contribution >= 4 is 30.0 Å². The van der Waals surface area contributed by atoms with Gasteiger partial charge >= 0.3 is 23.9 Å². The van der Waals surface area contributed by atoms with Crippen LogP contribution in [0, 0.1) is 11.8 Å². The highest BCUT2D eigenvalue weighted by molar-refractivity contribution is 6.05. The number of carbonyl (C=O) groups is 4. The van der Waals surface area contributed by atoms with Crippen LogP contribution in [0.4, 0.5) is 0 Å². The number of hydrogen-bond donors (Lipinski definition) is 0. The number of hydrogen-bond acceptors (Lipinski definition) is 6. The molecule has 37 heavy (non-hydrogen) atoms. The van der Waals surface area contributed by atoms with Gasteiger partial charge < -0.3 is 9.47 Å². The molecule has 2 aromatic carbocycles. The number of carbonyl (C=O) groups excluding carboxylic acids is 4. The second-order valence-electron chi connectivity index (χ2n) is 9.67. The van der Waals surface area contributed by atoms with Gasteiger partial charge in [-0.15, -0.1) is 6.58 Å². The van der Waals surface area contributed by atoms with Gasteiger partial charge in [-0.2, -0.15) is 0 Å². The van der Waals surface area contributed by atoms with E-state index in [1.807, 2.05) is 60.7 Å². The van der Waals surface area contributed by atoms with Crippen molar-refractivity contribution in [3.05, 3.63) is 90.0 Å². The monoisotopic (exact) mass is 500 g/mol. The first-order valence-corrected chi connectivity index (χ1v) is 12.9. The Kier molecular flexibility index (Phi) is 8.49. The van der Waals surface area contributed by atoms with Crippen LogP contribution in [-0.2, 0) is 34.1 Å². The molecule has 2 unspecified atom stereocenters. The van der Waals surface area contributed by atoms with Crippen LogP contribution in [0.3, 0.4) is 0 Å². The van der Waals surface area contributed by atoms with Crippen molar-refractivity contribution in [1.82, 2.24) is 0 Å². The molecule has 0 amide bonds. The molecule has 0 aromatic heterocycles. The Labute approximate surface area is 217 Å². The summed E-state index contributed by atoms with van der Waals surface area (Å²) in [5.41, 5.74) is 1.19. The van der Waals surface area contributed by atoms with Crippen LogP contribution in [-0.4, -0.2) is 23.9 Å². The third-order valence-corrected chi connectivity index (χ3v) is 7.24. The lowest BCUT2D eigenvalue weighted by Gasteiger charge is -2.30. The zero-order valence-corrected chi connectivity index (χ0v) is 20.9. The molecular weight excluding hydrogens is 468 g/mol.